The topological polar surface area (TPSA) is 86.5 Å². The molecule has 0 unspecified atom stereocenters. The van der Waals surface area contributed by atoms with E-state index < -0.39 is 0 Å². The fourth-order valence-electron chi connectivity index (χ4n) is 2.50. The van der Waals surface area contributed by atoms with Gasteiger partial charge in [-0.25, -0.2) is 0 Å². The van der Waals surface area contributed by atoms with Crippen molar-refractivity contribution in [3.63, 3.8) is 0 Å². The minimum absolute atomic E-state index is 0.0216. The van der Waals surface area contributed by atoms with Gasteiger partial charge in [0, 0.05) is 11.3 Å². The molecule has 0 saturated carbocycles. The molecule has 1 N–H and O–H groups in total. The van der Waals surface area contributed by atoms with E-state index in [0.29, 0.717) is 42.0 Å². The van der Waals surface area contributed by atoms with Crippen LogP contribution >= 0.6 is 0 Å². The molecule has 3 rings (SSSR count). The van der Waals surface area contributed by atoms with Crippen LogP contribution in [0.15, 0.2) is 53.1 Å². The lowest BCUT2D eigenvalue weighted by Crippen LogP contribution is -2.15. The number of hydrogen-bond donors (Lipinski definition) is 1. The molecule has 0 aliphatic carbocycles. The van der Waals surface area contributed by atoms with E-state index in [-0.39, 0.29) is 12.3 Å². The van der Waals surface area contributed by atoms with Gasteiger partial charge in [0.1, 0.15) is 0 Å². The monoisotopic (exact) mass is 367 g/mol. The average molecular weight is 367 g/mol. The number of carbonyl (C=O) groups excluding carboxylic acids is 1. The summed E-state index contributed by atoms with van der Waals surface area (Å²) in [6.45, 7) is 4.87. The van der Waals surface area contributed by atoms with Crippen LogP contribution in [-0.2, 0) is 11.2 Å². The first-order valence-electron chi connectivity index (χ1n) is 8.77. The van der Waals surface area contributed by atoms with Crippen LogP contribution in [0.4, 0.5) is 5.69 Å². The first-order valence-corrected chi connectivity index (χ1v) is 8.77. The molecule has 27 heavy (non-hydrogen) atoms. The SMILES string of the molecule is CCOc1ccc(-c2nc(CC(=O)Nc3ccccc3)no2)cc1OCC. The number of amides is 1. The normalized spacial score (nSPS) is 10.4. The molecule has 140 valence electrons. The van der Waals surface area contributed by atoms with E-state index in [9.17, 15) is 4.79 Å². The largest absolute Gasteiger partial charge is 0.490 e. The van der Waals surface area contributed by atoms with Crippen molar-refractivity contribution in [2.75, 3.05) is 18.5 Å². The average Bonchev–Trinajstić information content (AvgIpc) is 3.12. The van der Waals surface area contributed by atoms with E-state index in [1.54, 1.807) is 12.1 Å². The van der Waals surface area contributed by atoms with Gasteiger partial charge in [-0.2, -0.15) is 4.98 Å². The number of para-hydroxylation sites is 1. The van der Waals surface area contributed by atoms with Crippen molar-refractivity contribution in [3.8, 4) is 23.0 Å². The maximum Gasteiger partial charge on any atom is 0.258 e. The summed E-state index contributed by atoms with van der Waals surface area (Å²) in [4.78, 5) is 16.4. The van der Waals surface area contributed by atoms with Crippen molar-refractivity contribution in [1.29, 1.82) is 0 Å². The van der Waals surface area contributed by atoms with Gasteiger partial charge in [0.05, 0.1) is 19.6 Å². The molecule has 1 amide bonds. The molecule has 0 aliphatic heterocycles. The van der Waals surface area contributed by atoms with Crippen LogP contribution in [0.3, 0.4) is 0 Å². The second-order valence-corrected chi connectivity index (χ2v) is 5.63. The van der Waals surface area contributed by atoms with Gasteiger partial charge in [0.2, 0.25) is 5.91 Å². The third-order valence-corrected chi connectivity index (χ3v) is 3.63. The molecule has 1 aromatic heterocycles. The Bertz CT molecular complexity index is 893. The standard InChI is InChI=1S/C20H21N3O4/c1-3-25-16-11-10-14(12-17(16)26-4-2)20-22-18(23-27-20)13-19(24)21-15-8-6-5-7-9-15/h5-12H,3-4,13H2,1-2H3,(H,21,24). The summed E-state index contributed by atoms with van der Waals surface area (Å²) < 4.78 is 16.5. The molecule has 0 aliphatic rings. The van der Waals surface area contributed by atoms with Crippen LogP contribution in [0.25, 0.3) is 11.5 Å². The summed E-state index contributed by atoms with van der Waals surface area (Å²) in [6.07, 6.45) is 0.0216. The van der Waals surface area contributed by atoms with Crippen LogP contribution in [-0.4, -0.2) is 29.3 Å². The van der Waals surface area contributed by atoms with Crippen LogP contribution in [0, 0.1) is 0 Å². The van der Waals surface area contributed by atoms with Crippen molar-refractivity contribution in [2.24, 2.45) is 0 Å². The maximum atomic E-state index is 12.1. The number of benzene rings is 2. The van der Waals surface area contributed by atoms with E-state index >= 15 is 0 Å². The number of nitrogens with zero attached hydrogens (tertiary/aromatic N) is 2. The Morgan fingerprint density at radius 2 is 1.78 bits per heavy atom. The molecule has 0 radical (unpaired) electrons. The Labute approximate surface area is 157 Å². The summed E-state index contributed by atoms with van der Waals surface area (Å²) in [6, 6.07) is 14.6. The number of nitrogens with one attached hydrogen (secondary N) is 1. The Balaban J connectivity index is 1.71. The molecule has 0 fully saturated rings. The van der Waals surface area contributed by atoms with Gasteiger partial charge in [-0.05, 0) is 44.2 Å². The van der Waals surface area contributed by atoms with Crippen LogP contribution in [0.1, 0.15) is 19.7 Å². The molecule has 7 heteroatoms. The summed E-state index contributed by atoms with van der Waals surface area (Å²) in [7, 11) is 0. The Morgan fingerprint density at radius 1 is 1.04 bits per heavy atom. The zero-order valence-corrected chi connectivity index (χ0v) is 15.3. The lowest BCUT2D eigenvalue weighted by Gasteiger charge is -2.11. The highest BCUT2D eigenvalue weighted by Crippen LogP contribution is 2.32. The lowest BCUT2D eigenvalue weighted by atomic mass is 10.2. The third kappa shape index (κ3) is 4.84. The van der Waals surface area contributed by atoms with E-state index in [2.05, 4.69) is 15.5 Å². The highest BCUT2D eigenvalue weighted by atomic mass is 16.5. The molecule has 2 aromatic carbocycles. The number of carbonyl (C=O) groups is 1. The minimum atomic E-state index is -0.213. The van der Waals surface area contributed by atoms with Gasteiger partial charge in [-0.15, -0.1) is 0 Å². The molecular weight excluding hydrogens is 346 g/mol. The summed E-state index contributed by atoms with van der Waals surface area (Å²) in [5, 5.41) is 6.68. The summed E-state index contributed by atoms with van der Waals surface area (Å²) in [5.74, 6) is 1.69. The fraction of sp³-hybridized carbons (Fsp3) is 0.250. The number of anilines is 1. The van der Waals surface area contributed by atoms with Crippen molar-refractivity contribution in [2.45, 2.75) is 20.3 Å². The summed E-state index contributed by atoms with van der Waals surface area (Å²) >= 11 is 0. The highest BCUT2D eigenvalue weighted by Gasteiger charge is 2.15. The highest BCUT2D eigenvalue weighted by molar-refractivity contribution is 5.91. The van der Waals surface area contributed by atoms with Gasteiger partial charge in [-0.3, -0.25) is 4.79 Å². The number of aromatic nitrogens is 2. The molecule has 0 atom stereocenters. The van der Waals surface area contributed by atoms with Gasteiger partial charge >= 0.3 is 0 Å². The summed E-state index contributed by atoms with van der Waals surface area (Å²) in [5.41, 5.74) is 1.42. The predicted molar refractivity (Wildman–Crippen MR) is 101 cm³/mol. The van der Waals surface area contributed by atoms with Crippen molar-refractivity contribution in [3.05, 3.63) is 54.4 Å². The van der Waals surface area contributed by atoms with Gasteiger partial charge in [-0.1, -0.05) is 23.4 Å². The van der Waals surface area contributed by atoms with Crippen LogP contribution in [0.2, 0.25) is 0 Å². The molecular formula is C20H21N3O4. The Morgan fingerprint density at radius 3 is 2.52 bits per heavy atom. The second-order valence-electron chi connectivity index (χ2n) is 5.63. The van der Waals surface area contributed by atoms with E-state index in [1.165, 1.54) is 0 Å². The molecule has 0 spiro atoms. The molecule has 1 heterocycles. The second kappa shape index (κ2) is 8.84. The van der Waals surface area contributed by atoms with Crippen molar-refractivity contribution >= 4 is 11.6 Å². The Kier molecular flexibility index (Phi) is 6.04. The van der Waals surface area contributed by atoms with E-state index in [0.717, 1.165) is 5.69 Å². The number of ether oxygens (including phenoxy) is 2. The molecule has 0 bridgehead atoms. The van der Waals surface area contributed by atoms with Crippen molar-refractivity contribution < 1.29 is 18.8 Å². The van der Waals surface area contributed by atoms with E-state index in [4.69, 9.17) is 14.0 Å². The van der Waals surface area contributed by atoms with Gasteiger partial charge in [0.15, 0.2) is 17.3 Å². The van der Waals surface area contributed by atoms with Crippen molar-refractivity contribution in [1.82, 2.24) is 10.1 Å². The zero-order chi connectivity index (χ0) is 19.1. The fourth-order valence-corrected chi connectivity index (χ4v) is 2.50. The van der Waals surface area contributed by atoms with Crippen LogP contribution in [0.5, 0.6) is 11.5 Å². The molecule has 7 nitrogen and oxygen atoms in total. The number of hydrogen-bond acceptors (Lipinski definition) is 6. The molecule has 3 aromatic rings. The third-order valence-electron chi connectivity index (χ3n) is 3.63. The quantitative estimate of drug-likeness (QED) is 0.653. The molecule has 0 saturated heterocycles. The van der Waals surface area contributed by atoms with Gasteiger partial charge < -0.3 is 19.3 Å². The predicted octanol–water partition coefficient (Wildman–Crippen LogP) is 3.72. The maximum absolute atomic E-state index is 12.1. The van der Waals surface area contributed by atoms with Crippen LogP contribution < -0.4 is 14.8 Å². The Hall–Kier alpha value is -3.35. The van der Waals surface area contributed by atoms with E-state index in [1.807, 2.05) is 50.2 Å². The minimum Gasteiger partial charge on any atom is -0.490 e. The first kappa shape index (κ1) is 18.4. The smallest absolute Gasteiger partial charge is 0.258 e. The first-order chi connectivity index (χ1) is 13.2. The number of rotatable bonds is 8. The zero-order valence-electron chi connectivity index (χ0n) is 15.3. The lowest BCUT2D eigenvalue weighted by molar-refractivity contribution is -0.115. The van der Waals surface area contributed by atoms with Gasteiger partial charge in [0.25, 0.3) is 5.89 Å².